The van der Waals surface area contributed by atoms with Crippen LogP contribution in [0.1, 0.15) is 29.0 Å². The van der Waals surface area contributed by atoms with Crippen molar-refractivity contribution in [1.29, 1.82) is 0 Å². The van der Waals surface area contributed by atoms with E-state index in [0.717, 1.165) is 11.1 Å². The van der Waals surface area contributed by atoms with Crippen molar-refractivity contribution >= 4 is 27.6 Å². The quantitative estimate of drug-likeness (QED) is 0.636. The number of para-hydroxylation sites is 1. The van der Waals surface area contributed by atoms with Gasteiger partial charge in [0.2, 0.25) is 10.0 Å². The molecule has 0 spiro atoms. The summed E-state index contributed by atoms with van der Waals surface area (Å²) in [6, 6.07) is 5.60. The Morgan fingerprint density at radius 1 is 1.14 bits per heavy atom. The summed E-state index contributed by atoms with van der Waals surface area (Å²) in [6.45, 7) is 6.08. The van der Waals surface area contributed by atoms with Gasteiger partial charge >= 0.3 is 5.97 Å². The van der Waals surface area contributed by atoms with Gasteiger partial charge in [0.15, 0.2) is 12.4 Å². The van der Waals surface area contributed by atoms with Crippen molar-refractivity contribution in [1.82, 2.24) is 9.88 Å². The van der Waals surface area contributed by atoms with Gasteiger partial charge in [-0.2, -0.15) is 0 Å². The van der Waals surface area contributed by atoms with Crippen LogP contribution in [0.3, 0.4) is 0 Å². The summed E-state index contributed by atoms with van der Waals surface area (Å²) in [6.07, 6.45) is -0.223. The first-order valence-electron chi connectivity index (χ1n) is 8.56. The topological polar surface area (TPSA) is 128 Å². The molecule has 0 atom stereocenters. The number of sulfonamides is 1. The zero-order valence-electron chi connectivity index (χ0n) is 16.2. The highest BCUT2D eigenvalue weighted by Gasteiger charge is 2.24. The van der Waals surface area contributed by atoms with Gasteiger partial charge in [-0.3, -0.25) is 9.59 Å². The summed E-state index contributed by atoms with van der Waals surface area (Å²) in [5.41, 5.74) is 2.70. The molecule has 0 aliphatic heterocycles. The fraction of sp³-hybridized carbons (Fsp3) is 0.389. The van der Waals surface area contributed by atoms with Crippen LogP contribution in [0.4, 0.5) is 5.69 Å². The Hall–Kier alpha value is -2.72. The highest BCUT2D eigenvalue weighted by Crippen LogP contribution is 2.19. The van der Waals surface area contributed by atoms with Crippen LogP contribution in [0.15, 0.2) is 27.6 Å². The lowest BCUT2D eigenvalue weighted by atomic mass is 10.1. The molecule has 2 rings (SSSR count). The van der Waals surface area contributed by atoms with Gasteiger partial charge in [0.05, 0.1) is 6.42 Å². The molecular weight excluding hydrogens is 386 g/mol. The third kappa shape index (κ3) is 5.40. The molecule has 0 bridgehead atoms. The molecule has 0 unspecified atom stereocenters. The number of rotatable bonds is 8. The maximum atomic E-state index is 12.2. The molecule has 2 aromatic rings. The van der Waals surface area contributed by atoms with Crippen LogP contribution in [0.5, 0.6) is 0 Å². The average Bonchev–Trinajstić information content (AvgIpc) is 2.95. The number of nitrogens with one attached hydrogen (secondary N) is 2. The molecule has 28 heavy (non-hydrogen) atoms. The molecule has 0 fully saturated rings. The lowest BCUT2D eigenvalue weighted by Crippen LogP contribution is -2.28. The largest absolute Gasteiger partial charge is 0.456 e. The van der Waals surface area contributed by atoms with Crippen LogP contribution in [0, 0.1) is 27.7 Å². The Bertz CT molecular complexity index is 941. The van der Waals surface area contributed by atoms with E-state index in [0.29, 0.717) is 5.69 Å². The number of benzene rings is 1. The molecule has 0 saturated carbocycles. The number of carbonyl (C=O) groups excluding carboxylic acids is 2. The first kappa shape index (κ1) is 21.6. The Kier molecular flexibility index (Phi) is 6.92. The van der Waals surface area contributed by atoms with Gasteiger partial charge < -0.3 is 14.6 Å². The first-order chi connectivity index (χ1) is 13.1. The van der Waals surface area contributed by atoms with Gasteiger partial charge in [0.1, 0.15) is 10.6 Å². The number of aromatic nitrogens is 1. The Labute approximate surface area is 163 Å². The predicted molar refractivity (Wildman–Crippen MR) is 101 cm³/mol. The Morgan fingerprint density at radius 2 is 1.79 bits per heavy atom. The maximum absolute atomic E-state index is 12.2. The molecule has 0 radical (unpaired) electrons. The molecule has 1 aromatic carbocycles. The van der Waals surface area contributed by atoms with Crippen molar-refractivity contribution in [2.24, 2.45) is 0 Å². The van der Waals surface area contributed by atoms with E-state index in [9.17, 15) is 18.0 Å². The van der Waals surface area contributed by atoms with Gasteiger partial charge in [0, 0.05) is 12.2 Å². The van der Waals surface area contributed by atoms with Crippen molar-refractivity contribution in [3.8, 4) is 0 Å². The lowest BCUT2D eigenvalue weighted by molar-refractivity contribution is -0.147. The van der Waals surface area contributed by atoms with Gasteiger partial charge in [-0.15, -0.1) is 0 Å². The smallest absolute Gasteiger partial charge is 0.307 e. The molecule has 152 valence electrons. The monoisotopic (exact) mass is 409 g/mol. The van der Waals surface area contributed by atoms with Gasteiger partial charge in [-0.05, 0) is 38.8 Å². The number of amides is 1. The third-order valence-corrected chi connectivity index (χ3v) is 5.67. The van der Waals surface area contributed by atoms with Crippen LogP contribution >= 0.6 is 0 Å². The zero-order chi connectivity index (χ0) is 20.9. The Morgan fingerprint density at radius 3 is 2.36 bits per heavy atom. The number of hydrogen-bond acceptors (Lipinski definition) is 7. The molecule has 1 aromatic heterocycles. The third-order valence-electron chi connectivity index (χ3n) is 3.97. The van der Waals surface area contributed by atoms with E-state index in [2.05, 4.69) is 15.2 Å². The van der Waals surface area contributed by atoms with E-state index >= 15 is 0 Å². The lowest BCUT2D eigenvalue weighted by Gasteiger charge is -2.11. The number of hydrogen-bond donors (Lipinski definition) is 2. The van der Waals surface area contributed by atoms with Crippen molar-refractivity contribution in [2.45, 2.75) is 39.0 Å². The van der Waals surface area contributed by atoms with E-state index in [4.69, 9.17) is 9.26 Å². The fourth-order valence-corrected chi connectivity index (χ4v) is 3.98. The van der Waals surface area contributed by atoms with E-state index in [1.807, 2.05) is 32.0 Å². The summed E-state index contributed by atoms with van der Waals surface area (Å²) >= 11 is 0. The molecule has 10 heteroatoms. The van der Waals surface area contributed by atoms with E-state index in [1.54, 1.807) is 0 Å². The second-order valence-electron chi connectivity index (χ2n) is 6.28. The standard InChI is InChI=1S/C18H23N3O6S/c1-11-6-5-7-12(2)17(11)20-15(22)10-26-16(23)8-9-19-28(24,25)18-13(3)21-27-14(18)4/h5-7,19H,8-10H2,1-4H3,(H,20,22). The predicted octanol–water partition coefficient (Wildman–Crippen LogP) is 1.76. The molecule has 0 aliphatic rings. The summed E-state index contributed by atoms with van der Waals surface area (Å²) < 4.78 is 36.5. The number of carbonyl (C=O) groups is 2. The number of aryl methyl sites for hydroxylation is 4. The normalized spacial score (nSPS) is 11.3. The molecule has 1 amide bonds. The second-order valence-corrected chi connectivity index (χ2v) is 7.98. The average molecular weight is 409 g/mol. The van der Waals surface area contributed by atoms with Crippen LogP contribution in [0.2, 0.25) is 0 Å². The second kappa shape index (κ2) is 8.98. The molecule has 0 saturated heterocycles. The van der Waals surface area contributed by atoms with Crippen LogP contribution in [0.25, 0.3) is 0 Å². The summed E-state index contributed by atoms with van der Waals surface area (Å²) in [4.78, 5) is 23.7. The SMILES string of the molecule is Cc1cccc(C)c1NC(=O)COC(=O)CCNS(=O)(=O)c1c(C)noc1C. The summed E-state index contributed by atoms with van der Waals surface area (Å²) in [5.74, 6) is -1.00. The maximum Gasteiger partial charge on any atom is 0.307 e. The van der Waals surface area contributed by atoms with E-state index < -0.39 is 28.5 Å². The number of nitrogens with zero attached hydrogens (tertiary/aromatic N) is 1. The first-order valence-corrected chi connectivity index (χ1v) is 10.0. The molecule has 1 heterocycles. The van der Waals surface area contributed by atoms with Crippen molar-refractivity contribution < 1.29 is 27.3 Å². The highest BCUT2D eigenvalue weighted by molar-refractivity contribution is 7.89. The minimum atomic E-state index is -3.85. The summed E-state index contributed by atoms with van der Waals surface area (Å²) in [5, 5.41) is 6.29. The zero-order valence-corrected chi connectivity index (χ0v) is 17.0. The van der Waals surface area contributed by atoms with E-state index in [-0.39, 0.29) is 29.3 Å². The van der Waals surface area contributed by atoms with Gasteiger partial charge in [-0.25, -0.2) is 13.1 Å². The Balaban J connectivity index is 1.79. The fourth-order valence-electron chi connectivity index (χ4n) is 2.62. The minimum Gasteiger partial charge on any atom is -0.456 e. The van der Waals surface area contributed by atoms with Gasteiger partial charge in [-0.1, -0.05) is 23.4 Å². The molecular formula is C18H23N3O6S. The van der Waals surface area contributed by atoms with Crippen molar-refractivity contribution in [2.75, 3.05) is 18.5 Å². The number of ether oxygens (including phenoxy) is 1. The van der Waals surface area contributed by atoms with Crippen molar-refractivity contribution in [3.63, 3.8) is 0 Å². The van der Waals surface area contributed by atoms with Crippen LogP contribution < -0.4 is 10.0 Å². The highest BCUT2D eigenvalue weighted by atomic mass is 32.2. The molecule has 0 aliphatic carbocycles. The number of anilines is 1. The summed E-state index contributed by atoms with van der Waals surface area (Å²) in [7, 11) is -3.85. The van der Waals surface area contributed by atoms with Crippen molar-refractivity contribution in [3.05, 3.63) is 40.8 Å². The van der Waals surface area contributed by atoms with Crippen LogP contribution in [-0.4, -0.2) is 38.6 Å². The molecule has 2 N–H and O–H groups in total. The van der Waals surface area contributed by atoms with Crippen LogP contribution in [-0.2, 0) is 24.3 Å². The minimum absolute atomic E-state index is 0.0474. The molecule has 9 nitrogen and oxygen atoms in total. The van der Waals surface area contributed by atoms with Gasteiger partial charge in [0.25, 0.3) is 5.91 Å². The number of esters is 1. The van der Waals surface area contributed by atoms with E-state index in [1.165, 1.54) is 13.8 Å².